The zero-order chi connectivity index (χ0) is 8.44. The van der Waals surface area contributed by atoms with Gasteiger partial charge in [-0.15, -0.1) is 0 Å². The lowest BCUT2D eigenvalue weighted by molar-refractivity contribution is -0.00231. The molecule has 2 saturated heterocycles. The largest absolute Gasteiger partial charge is 0.380 e. The number of alkyl halides is 1. The molecule has 2 aliphatic rings. The lowest BCUT2D eigenvalue weighted by atomic mass is 9.84. The van der Waals surface area contributed by atoms with E-state index in [1.165, 1.54) is 0 Å². The number of hydrogen-bond acceptors (Lipinski definition) is 2. The van der Waals surface area contributed by atoms with E-state index in [9.17, 15) is 4.39 Å². The first kappa shape index (κ1) is 8.45. The van der Waals surface area contributed by atoms with Crippen molar-refractivity contribution in [3.8, 4) is 0 Å². The van der Waals surface area contributed by atoms with Gasteiger partial charge in [0.15, 0.2) is 0 Å². The van der Waals surface area contributed by atoms with Crippen molar-refractivity contribution in [1.82, 2.24) is 5.32 Å². The fourth-order valence-electron chi connectivity index (χ4n) is 2.14. The molecule has 0 amide bonds. The van der Waals surface area contributed by atoms with E-state index in [1.54, 1.807) is 0 Å². The second-order valence-electron chi connectivity index (χ2n) is 3.95. The minimum Gasteiger partial charge on any atom is -0.380 e. The molecule has 0 aromatic heterocycles. The zero-order valence-corrected chi connectivity index (χ0v) is 7.31. The maximum absolute atomic E-state index is 12.8. The van der Waals surface area contributed by atoms with Crippen LogP contribution in [0.4, 0.5) is 4.39 Å². The molecule has 0 aromatic rings. The molecule has 0 aliphatic carbocycles. The monoisotopic (exact) mass is 173 g/mol. The van der Waals surface area contributed by atoms with Crippen molar-refractivity contribution in [3.05, 3.63) is 0 Å². The molecule has 2 rings (SSSR count). The van der Waals surface area contributed by atoms with Gasteiger partial charge in [0.2, 0.25) is 0 Å². The van der Waals surface area contributed by atoms with Crippen LogP contribution in [0.15, 0.2) is 0 Å². The Morgan fingerprint density at radius 3 is 2.92 bits per heavy atom. The smallest absolute Gasteiger partial charge is 0.113 e. The summed E-state index contributed by atoms with van der Waals surface area (Å²) in [5, 5.41) is 3.28. The van der Waals surface area contributed by atoms with E-state index in [0.29, 0.717) is 13.0 Å². The Hall–Kier alpha value is -0.150. The molecule has 2 fully saturated rings. The van der Waals surface area contributed by atoms with Gasteiger partial charge in [0.05, 0.1) is 6.61 Å². The normalized spacial score (nSPS) is 43.2. The van der Waals surface area contributed by atoms with Gasteiger partial charge >= 0.3 is 0 Å². The van der Waals surface area contributed by atoms with Crippen LogP contribution in [-0.2, 0) is 4.74 Å². The first-order chi connectivity index (χ1) is 5.81. The minimum absolute atomic E-state index is 0.126. The predicted octanol–water partition coefficient (Wildman–Crippen LogP) is 1.26. The molecule has 0 radical (unpaired) electrons. The van der Waals surface area contributed by atoms with E-state index in [-0.39, 0.29) is 5.54 Å². The number of hydrogen-bond donors (Lipinski definition) is 1. The van der Waals surface area contributed by atoms with Crippen molar-refractivity contribution >= 4 is 0 Å². The van der Waals surface area contributed by atoms with Crippen molar-refractivity contribution in [3.63, 3.8) is 0 Å². The van der Waals surface area contributed by atoms with E-state index in [2.05, 4.69) is 5.32 Å². The summed E-state index contributed by atoms with van der Waals surface area (Å²) in [6, 6.07) is 0. The summed E-state index contributed by atoms with van der Waals surface area (Å²) in [4.78, 5) is 0. The van der Waals surface area contributed by atoms with Crippen LogP contribution in [0.2, 0.25) is 0 Å². The van der Waals surface area contributed by atoms with E-state index in [0.717, 1.165) is 32.5 Å². The van der Waals surface area contributed by atoms with Crippen LogP contribution in [0, 0.1) is 0 Å². The molecular formula is C9H16FNO. The minimum atomic E-state index is -0.641. The van der Waals surface area contributed by atoms with Crippen LogP contribution >= 0.6 is 0 Å². The van der Waals surface area contributed by atoms with Crippen molar-refractivity contribution in [2.75, 3.05) is 19.8 Å². The van der Waals surface area contributed by atoms with Crippen molar-refractivity contribution < 1.29 is 9.13 Å². The van der Waals surface area contributed by atoms with Crippen molar-refractivity contribution in [2.45, 2.75) is 37.4 Å². The lowest BCUT2D eigenvalue weighted by Crippen LogP contribution is -2.56. The number of ether oxygens (including phenoxy) is 1. The van der Waals surface area contributed by atoms with E-state index >= 15 is 0 Å². The van der Waals surface area contributed by atoms with Gasteiger partial charge in [-0.25, -0.2) is 4.39 Å². The van der Waals surface area contributed by atoms with Gasteiger partial charge < -0.3 is 10.1 Å². The maximum atomic E-state index is 12.8. The van der Waals surface area contributed by atoms with Crippen LogP contribution in [0.5, 0.6) is 0 Å². The Balaban J connectivity index is 1.92. The fraction of sp³-hybridized carbons (Fsp3) is 1.00. The third-order valence-electron chi connectivity index (χ3n) is 2.96. The highest BCUT2D eigenvalue weighted by Crippen LogP contribution is 2.28. The van der Waals surface area contributed by atoms with E-state index in [4.69, 9.17) is 4.74 Å². The molecule has 0 saturated carbocycles. The molecule has 1 spiro atoms. The maximum Gasteiger partial charge on any atom is 0.113 e. The Morgan fingerprint density at radius 2 is 2.33 bits per heavy atom. The van der Waals surface area contributed by atoms with Gasteiger partial charge in [0, 0.05) is 18.7 Å². The zero-order valence-electron chi connectivity index (χ0n) is 7.31. The van der Waals surface area contributed by atoms with Crippen molar-refractivity contribution in [1.29, 1.82) is 0 Å². The molecular weight excluding hydrogens is 157 g/mol. The highest BCUT2D eigenvalue weighted by Gasteiger charge is 2.36. The standard InChI is InChI=1S/C9H16FNO/c10-8-2-4-9(11-6-8)3-1-5-12-7-9/h8,11H,1-7H2. The molecule has 2 unspecified atom stereocenters. The molecule has 3 heteroatoms. The summed E-state index contributed by atoms with van der Waals surface area (Å²) in [7, 11) is 0. The van der Waals surface area contributed by atoms with Gasteiger partial charge in [-0.2, -0.15) is 0 Å². The van der Waals surface area contributed by atoms with Crippen LogP contribution in [0.25, 0.3) is 0 Å². The SMILES string of the molecule is FC1CCC2(CCCOC2)NC1. The van der Waals surface area contributed by atoms with Crippen LogP contribution in [0.1, 0.15) is 25.7 Å². The van der Waals surface area contributed by atoms with Crippen molar-refractivity contribution in [2.24, 2.45) is 0 Å². The van der Waals surface area contributed by atoms with Gasteiger partial charge in [-0.1, -0.05) is 0 Å². The van der Waals surface area contributed by atoms with Gasteiger partial charge in [-0.3, -0.25) is 0 Å². The van der Waals surface area contributed by atoms with Gasteiger partial charge in [0.1, 0.15) is 6.17 Å². The quantitative estimate of drug-likeness (QED) is 0.595. The van der Waals surface area contributed by atoms with Crippen LogP contribution < -0.4 is 5.32 Å². The molecule has 2 nitrogen and oxygen atoms in total. The Kier molecular flexibility index (Phi) is 2.33. The topological polar surface area (TPSA) is 21.3 Å². The number of halogens is 1. The molecule has 70 valence electrons. The molecule has 0 aromatic carbocycles. The predicted molar refractivity (Wildman–Crippen MR) is 44.9 cm³/mol. The number of piperidine rings is 1. The fourth-order valence-corrected chi connectivity index (χ4v) is 2.14. The van der Waals surface area contributed by atoms with E-state index in [1.807, 2.05) is 0 Å². The van der Waals surface area contributed by atoms with Crippen LogP contribution in [-0.4, -0.2) is 31.5 Å². The molecule has 2 aliphatic heterocycles. The lowest BCUT2D eigenvalue weighted by Gasteiger charge is -2.41. The number of rotatable bonds is 0. The van der Waals surface area contributed by atoms with E-state index < -0.39 is 6.17 Å². The highest BCUT2D eigenvalue weighted by atomic mass is 19.1. The Bertz CT molecular complexity index is 147. The molecule has 0 bridgehead atoms. The second-order valence-corrected chi connectivity index (χ2v) is 3.95. The third kappa shape index (κ3) is 1.62. The second kappa shape index (κ2) is 3.30. The Morgan fingerprint density at radius 1 is 1.42 bits per heavy atom. The first-order valence-corrected chi connectivity index (χ1v) is 4.78. The first-order valence-electron chi connectivity index (χ1n) is 4.78. The highest BCUT2D eigenvalue weighted by molar-refractivity contribution is 4.94. The summed E-state index contributed by atoms with van der Waals surface area (Å²) >= 11 is 0. The van der Waals surface area contributed by atoms with Crippen LogP contribution in [0.3, 0.4) is 0 Å². The number of nitrogens with one attached hydrogen (secondary N) is 1. The molecule has 2 atom stereocenters. The summed E-state index contributed by atoms with van der Waals surface area (Å²) in [5.41, 5.74) is 0.126. The molecule has 2 heterocycles. The summed E-state index contributed by atoms with van der Waals surface area (Å²) < 4.78 is 18.2. The van der Waals surface area contributed by atoms with Gasteiger partial charge in [-0.05, 0) is 25.7 Å². The summed E-state index contributed by atoms with van der Waals surface area (Å²) in [6.45, 7) is 2.17. The summed E-state index contributed by atoms with van der Waals surface area (Å²) in [6.07, 6.45) is 3.27. The average Bonchev–Trinajstić information content (AvgIpc) is 2.13. The average molecular weight is 173 g/mol. The molecule has 1 N–H and O–H groups in total. The third-order valence-corrected chi connectivity index (χ3v) is 2.96. The Labute approximate surface area is 72.5 Å². The van der Waals surface area contributed by atoms with Gasteiger partial charge in [0.25, 0.3) is 0 Å². The summed E-state index contributed by atoms with van der Waals surface area (Å²) in [5.74, 6) is 0. The molecule has 12 heavy (non-hydrogen) atoms.